The fraction of sp³-hybridized carbons (Fsp3) is 0.444. The predicted molar refractivity (Wildman–Crippen MR) is 108 cm³/mol. The predicted octanol–water partition coefficient (Wildman–Crippen LogP) is 4.51. The molecule has 0 saturated heterocycles. The highest BCUT2D eigenvalue weighted by Gasteiger charge is 2.21. The normalized spacial score (nSPS) is 12.7. The molecule has 26 heavy (non-hydrogen) atoms. The maximum Gasteiger partial charge on any atom is 0.238 e. The number of amides is 1. The first-order chi connectivity index (χ1) is 12.3. The third-order valence-electron chi connectivity index (χ3n) is 4.18. The molecule has 0 aliphatic heterocycles. The number of hydrogen-bond donors (Lipinski definition) is 1. The Labute approximate surface area is 161 Å². The summed E-state index contributed by atoms with van der Waals surface area (Å²) in [6.45, 7) is 12.0. The van der Waals surface area contributed by atoms with Crippen LogP contribution < -0.4 is 5.32 Å². The molecule has 0 radical (unpaired) electrons. The second-order valence-corrected chi connectivity index (χ2v) is 9.08. The maximum atomic E-state index is 12.7. The average Bonchev–Trinajstić information content (AvgIpc) is 3.12. The quantitative estimate of drug-likeness (QED) is 0.513. The monoisotopic (exact) mass is 389 g/mol. The van der Waals surface area contributed by atoms with Crippen molar-refractivity contribution in [3.05, 3.63) is 28.5 Å². The smallest absolute Gasteiger partial charge is 0.238 e. The molecule has 3 heterocycles. The molecule has 138 valence electrons. The molecule has 0 aliphatic carbocycles. The Balaban J connectivity index is 1.83. The van der Waals surface area contributed by atoms with Crippen molar-refractivity contribution in [2.24, 2.45) is 0 Å². The molecule has 3 rings (SSSR count). The van der Waals surface area contributed by atoms with Gasteiger partial charge in [-0.15, -0.1) is 11.3 Å². The van der Waals surface area contributed by atoms with Crippen LogP contribution in [0, 0.1) is 20.8 Å². The fourth-order valence-electron chi connectivity index (χ4n) is 2.67. The molecule has 0 spiro atoms. The van der Waals surface area contributed by atoms with E-state index in [4.69, 9.17) is 0 Å². The van der Waals surface area contributed by atoms with Crippen LogP contribution in [0.2, 0.25) is 0 Å². The van der Waals surface area contributed by atoms with Crippen LogP contribution in [-0.4, -0.2) is 30.9 Å². The number of hydrogen-bond acceptors (Lipinski definition) is 6. The standard InChI is InChI=1S/C18H23N5OS2/c1-9(2)23-14(7-8-19-23)22-16(24)12(5)26-18-15-10(3)11(4)25-17(15)20-13(6)21-18/h7-9,12H,1-6H3,(H,22,24). The number of nitrogens with zero attached hydrogens (tertiary/aromatic N) is 4. The molecular weight excluding hydrogens is 366 g/mol. The van der Waals surface area contributed by atoms with Crippen molar-refractivity contribution in [3.8, 4) is 0 Å². The molecule has 3 aromatic rings. The summed E-state index contributed by atoms with van der Waals surface area (Å²) in [6.07, 6.45) is 1.70. The van der Waals surface area contributed by atoms with E-state index in [0.29, 0.717) is 5.82 Å². The van der Waals surface area contributed by atoms with Crippen molar-refractivity contribution in [1.29, 1.82) is 0 Å². The first kappa shape index (κ1) is 18.8. The lowest BCUT2D eigenvalue weighted by Gasteiger charge is -2.15. The Morgan fingerprint density at radius 2 is 1.96 bits per heavy atom. The van der Waals surface area contributed by atoms with Crippen molar-refractivity contribution in [1.82, 2.24) is 19.7 Å². The highest BCUT2D eigenvalue weighted by atomic mass is 32.2. The number of aromatic nitrogens is 4. The van der Waals surface area contributed by atoms with E-state index < -0.39 is 0 Å². The molecular formula is C18H23N5OS2. The van der Waals surface area contributed by atoms with Crippen molar-refractivity contribution in [2.75, 3.05) is 5.32 Å². The number of aryl methyl sites for hydroxylation is 3. The molecule has 8 heteroatoms. The summed E-state index contributed by atoms with van der Waals surface area (Å²) >= 11 is 3.15. The van der Waals surface area contributed by atoms with Crippen LogP contribution in [0.15, 0.2) is 17.3 Å². The first-order valence-corrected chi connectivity index (χ1v) is 10.2. The van der Waals surface area contributed by atoms with Gasteiger partial charge in [0.1, 0.15) is 21.5 Å². The van der Waals surface area contributed by atoms with E-state index in [0.717, 1.165) is 21.1 Å². The number of anilines is 1. The van der Waals surface area contributed by atoms with Crippen LogP contribution in [-0.2, 0) is 4.79 Å². The summed E-state index contributed by atoms with van der Waals surface area (Å²) in [5.74, 6) is 1.38. The van der Waals surface area contributed by atoms with E-state index in [1.807, 2.05) is 33.8 Å². The number of carbonyl (C=O) groups is 1. The van der Waals surface area contributed by atoms with Gasteiger partial charge >= 0.3 is 0 Å². The Hall–Kier alpha value is -1.93. The molecule has 1 unspecified atom stereocenters. The summed E-state index contributed by atoms with van der Waals surface area (Å²) in [7, 11) is 0. The van der Waals surface area contributed by atoms with E-state index in [2.05, 4.69) is 34.2 Å². The van der Waals surface area contributed by atoms with Crippen molar-refractivity contribution in [3.63, 3.8) is 0 Å². The number of fused-ring (bicyclic) bond motifs is 1. The average molecular weight is 390 g/mol. The van der Waals surface area contributed by atoms with Crippen molar-refractivity contribution < 1.29 is 4.79 Å². The van der Waals surface area contributed by atoms with E-state index >= 15 is 0 Å². The van der Waals surface area contributed by atoms with Crippen LogP contribution in [0.3, 0.4) is 0 Å². The Morgan fingerprint density at radius 3 is 2.65 bits per heavy atom. The van der Waals surface area contributed by atoms with Gasteiger partial charge in [-0.05, 0) is 47.1 Å². The van der Waals surface area contributed by atoms with Crippen LogP contribution in [0.25, 0.3) is 10.2 Å². The Kier molecular flexibility index (Phi) is 5.34. The molecule has 1 amide bonds. The largest absolute Gasteiger partial charge is 0.310 e. The van der Waals surface area contributed by atoms with Gasteiger partial charge < -0.3 is 5.32 Å². The van der Waals surface area contributed by atoms with E-state index in [1.165, 1.54) is 22.2 Å². The Morgan fingerprint density at radius 1 is 1.23 bits per heavy atom. The first-order valence-electron chi connectivity index (χ1n) is 8.53. The van der Waals surface area contributed by atoms with Crippen LogP contribution in [0.1, 0.15) is 43.1 Å². The molecule has 1 N–H and O–H groups in total. The Bertz CT molecular complexity index is 960. The zero-order valence-electron chi connectivity index (χ0n) is 15.8. The second-order valence-electron chi connectivity index (χ2n) is 6.54. The van der Waals surface area contributed by atoms with Gasteiger partial charge in [0.05, 0.1) is 11.4 Å². The van der Waals surface area contributed by atoms with Crippen LogP contribution in [0.5, 0.6) is 0 Å². The van der Waals surface area contributed by atoms with Crippen LogP contribution in [0.4, 0.5) is 5.82 Å². The zero-order chi connectivity index (χ0) is 19.0. The highest BCUT2D eigenvalue weighted by molar-refractivity contribution is 8.00. The number of thiophene rings is 1. The van der Waals surface area contributed by atoms with Gasteiger partial charge in [-0.3, -0.25) is 4.79 Å². The van der Waals surface area contributed by atoms with E-state index in [-0.39, 0.29) is 17.2 Å². The molecule has 1 atom stereocenters. The second kappa shape index (κ2) is 7.36. The van der Waals surface area contributed by atoms with Crippen molar-refractivity contribution >= 4 is 45.0 Å². The summed E-state index contributed by atoms with van der Waals surface area (Å²) in [4.78, 5) is 24.1. The molecule has 0 saturated carbocycles. The molecule has 0 aliphatic rings. The molecule has 6 nitrogen and oxygen atoms in total. The topological polar surface area (TPSA) is 72.7 Å². The van der Waals surface area contributed by atoms with Gasteiger partial charge in [-0.2, -0.15) is 5.10 Å². The minimum atomic E-state index is -0.289. The summed E-state index contributed by atoms with van der Waals surface area (Å²) in [5.41, 5.74) is 1.19. The number of rotatable bonds is 5. The summed E-state index contributed by atoms with van der Waals surface area (Å²) < 4.78 is 1.80. The van der Waals surface area contributed by atoms with Gasteiger partial charge in [0, 0.05) is 22.4 Å². The molecule has 0 bridgehead atoms. The van der Waals surface area contributed by atoms with Gasteiger partial charge in [0.2, 0.25) is 5.91 Å². The molecule has 0 aromatic carbocycles. The summed E-state index contributed by atoms with van der Waals surface area (Å²) in [6, 6.07) is 2.00. The number of thioether (sulfide) groups is 1. The highest BCUT2D eigenvalue weighted by Crippen LogP contribution is 2.36. The van der Waals surface area contributed by atoms with E-state index in [9.17, 15) is 4.79 Å². The molecule has 3 aromatic heterocycles. The van der Waals surface area contributed by atoms with E-state index in [1.54, 1.807) is 22.2 Å². The lowest BCUT2D eigenvalue weighted by molar-refractivity contribution is -0.115. The molecule has 0 fully saturated rings. The van der Waals surface area contributed by atoms with Gasteiger partial charge in [0.15, 0.2) is 0 Å². The third-order valence-corrected chi connectivity index (χ3v) is 6.36. The minimum absolute atomic E-state index is 0.0635. The number of carbonyl (C=O) groups excluding carboxylic acids is 1. The SMILES string of the molecule is Cc1nc(SC(C)C(=O)Nc2ccnn2C(C)C)c2c(C)c(C)sc2n1. The van der Waals surface area contributed by atoms with Gasteiger partial charge in [0.25, 0.3) is 0 Å². The minimum Gasteiger partial charge on any atom is -0.310 e. The zero-order valence-corrected chi connectivity index (χ0v) is 17.5. The maximum absolute atomic E-state index is 12.7. The van der Waals surface area contributed by atoms with Gasteiger partial charge in [-0.25, -0.2) is 14.6 Å². The lowest BCUT2D eigenvalue weighted by Crippen LogP contribution is -2.24. The lowest BCUT2D eigenvalue weighted by atomic mass is 10.2. The third kappa shape index (κ3) is 3.61. The van der Waals surface area contributed by atoms with Crippen molar-refractivity contribution in [2.45, 2.75) is 57.9 Å². The fourth-order valence-corrected chi connectivity index (χ4v) is 4.87. The number of nitrogens with one attached hydrogen (secondary N) is 1. The summed E-state index contributed by atoms with van der Waals surface area (Å²) in [5, 5.41) is 8.87. The van der Waals surface area contributed by atoms with Crippen LogP contribution >= 0.6 is 23.1 Å². The van der Waals surface area contributed by atoms with Gasteiger partial charge in [-0.1, -0.05) is 11.8 Å².